The van der Waals surface area contributed by atoms with Gasteiger partial charge in [0.15, 0.2) is 0 Å². The van der Waals surface area contributed by atoms with Crippen molar-refractivity contribution in [3.8, 4) is 10.9 Å². The first-order valence-corrected chi connectivity index (χ1v) is 7.65. The summed E-state index contributed by atoms with van der Waals surface area (Å²) in [6, 6.07) is 4.56. The van der Waals surface area contributed by atoms with Crippen LogP contribution >= 0.6 is 27.3 Å². The van der Waals surface area contributed by atoms with E-state index < -0.39 is 0 Å². The van der Waals surface area contributed by atoms with Crippen molar-refractivity contribution in [3.05, 3.63) is 33.5 Å². The van der Waals surface area contributed by atoms with Gasteiger partial charge in [0.25, 0.3) is 5.19 Å². The summed E-state index contributed by atoms with van der Waals surface area (Å²) in [5.41, 5.74) is 0.0154. The molecule has 0 amide bonds. The first-order chi connectivity index (χ1) is 9.33. The molecule has 7 heteroatoms. The third-order valence-electron chi connectivity index (χ3n) is 2.31. The molecule has 0 unspecified atom stereocenters. The Morgan fingerprint density at radius 3 is 2.75 bits per heavy atom. The molecule has 0 saturated heterocycles. The predicted molar refractivity (Wildman–Crippen MR) is 80.7 cm³/mol. The van der Waals surface area contributed by atoms with Crippen LogP contribution < -0.4 is 10.1 Å². The SMILES string of the molecule is CC(C)(C)NCc1nnc(Oc2ccc(Br)c(F)c2)s1. The summed E-state index contributed by atoms with van der Waals surface area (Å²) in [6.07, 6.45) is 0. The third kappa shape index (κ3) is 4.50. The summed E-state index contributed by atoms with van der Waals surface area (Å²) in [7, 11) is 0. The fraction of sp³-hybridized carbons (Fsp3) is 0.385. The molecule has 4 nitrogen and oxygen atoms in total. The van der Waals surface area contributed by atoms with Gasteiger partial charge in [0, 0.05) is 11.6 Å². The summed E-state index contributed by atoms with van der Waals surface area (Å²) in [5, 5.41) is 12.5. The Kier molecular flexibility index (Phi) is 4.72. The van der Waals surface area contributed by atoms with E-state index in [1.807, 2.05) is 0 Å². The van der Waals surface area contributed by atoms with Gasteiger partial charge in [0.1, 0.15) is 16.6 Å². The number of ether oxygens (including phenoxy) is 1. The fourth-order valence-corrected chi connectivity index (χ4v) is 2.23. The quantitative estimate of drug-likeness (QED) is 0.891. The van der Waals surface area contributed by atoms with Crippen LogP contribution in [-0.4, -0.2) is 15.7 Å². The summed E-state index contributed by atoms with van der Waals surface area (Å²) in [6.45, 7) is 6.86. The van der Waals surface area contributed by atoms with E-state index in [-0.39, 0.29) is 11.4 Å². The molecule has 0 bridgehead atoms. The van der Waals surface area contributed by atoms with Gasteiger partial charge in [-0.15, -0.1) is 5.10 Å². The minimum absolute atomic E-state index is 0.0154. The lowest BCUT2D eigenvalue weighted by molar-refractivity contribution is 0.423. The van der Waals surface area contributed by atoms with Gasteiger partial charge in [0.2, 0.25) is 0 Å². The van der Waals surface area contributed by atoms with E-state index in [0.717, 1.165) is 5.01 Å². The summed E-state index contributed by atoms with van der Waals surface area (Å²) >= 11 is 4.43. The van der Waals surface area contributed by atoms with E-state index >= 15 is 0 Å². The highest BCUT2D eigenvalue weighted by molar-refractivity contribution is 9.10. The Balaban J connectivity index is 2.00. The van der Waals surface area contributed by atoms with Crippen molar-refractivity contribution >= 4 is 27.3 Å². The average molecular weight is 360 g/mol. The molecule has 1 aromatic heterocycles. The van der Waals surface area contributed by atoms with Gasteiger partial charge in [0.05, 0.1) is 11.0 Å². The zero-order valence-electron chi connectivity index (χ0n) is 11.4. The van der Waals surface area contributed by atoms with Crippen LogP contribution in [0.3, 0.4) is 0 Å². The van der Waals surface area contributed by atoms with Crippen LogP contribution in [0.5, 0.6) is 10.9 Å². The van der Waals surface area contributed by atoms with Crippen molar-refractivity contribution < 1.29 is 9.13 Å². The van der Waals surface area contributed by atoms with Gasteiger partial charge in [-0.3, -0.25) is 0 Å². The molecule has 1 heterocycles. The molecular formula is C13H15BrFN3OS. The molecule has 1 N–H and O–H groups in total. The molecule has 2 rings (SSSR count). The lowest BCUT2D eigenvalue weighted by Gasteiger charge is -2.19. The van der Waals surface area contributed by atoms with Crippen LogP contribution in [0.15, 0.2) is 22.7 Å². The first-order valence-electron chi connectivity index (χ1n) is 6.04. The van der Waals surface area contributed by atoms with Gasteiger partial charge in [-0.25, -0.2) is 4.39 Å². The minimum atomic E-state index is -0.373. The fourth-order valence-electron chi connectivity index (χ4n) is 1.33. The van der Waals surface area contributed by atoms with E-state index in [1.165, 1.54) is 17.4 Å². The number of nitrogens with one attached hydrogen (secondary N) is 1. The van der Waals surface area contributed by atoms with Crippen LogP contribution in [0.2, 0.25) is 0 Å². The first kappa shape index (κ1) is 15.3. The molecule has 1 aromatic carbocycles. The zero-order valence-corrected chi connectivity index (χ0v) is 13.8. The largest absolute Gasteiger partial charge is 0.430 e. The van der Waals surface area contributed by atoms with Gasteiger partial charge in [-0.05, 0) is 48.8 Å². The number of rotatable bonds is 4. The second-order valence-corrected chi connectivity index (χ2v) is 7.12. The van der Waals surface area contributed by atoms with Gasteiger partial charge in [-0.2, -0.15) is 0 Å². The maximum atomic E-state index is 13.4. The van der Waals surface area contributed by atoms with E-state index in [2.05, 4.69) is 52.2 Å². The van der Waals surface area contributed by atoms with Crippen LogP contribution in [-0.2, 0) is 6.54 Å². The van der Waals surface area contributed by atoms with E-state index in [1.54, 1.807) is 12.1 Å². The summed E-state index contributed by atoms with van der Waals surface area (Å²) < 4.78 is 19.3. The van der Waals surface area contributed by atoms with E-state index in [4.69, 9.17) is 4.74 Å². The topological polar surface area (TPSA) is 47.0 Å². The summed E-state index contributed by atoms with van der Waals surface area (Å²) in [4.78, 5) is 0. The molecule has 0 atom stereocenters. The molecule has 0 aliphatic heterocycles. The van der Waals surface area contributed by atoms with Crippen LogP contribution in [0.4, 0.5) is 4.39 Å². The van der Waals surface area contributed by atoms with Crippen molar-refractivity contribution in [3.63, 3.8) is 0 Å². The van der Waals surface area contributed by atoms with Gasteiger partial charge in [-0.1, -0.05) is 16.4 Å². The molecule has 0 aliphatic carbocycles. The number of halogens is 2. The summed E-state index contributed by atoms with van der Waals surface area (Å²) in [5.74, 6) is 0.0267. The maximum absolute atomic E-state index is 13.4. The predicted octanol–water partition coefficient (Wildman–Crippen LogP) is 4.12. The normalized spacial score (nSPS) is 11.7. The smallest absolute Gasteiger partial charge is 0.299 e. The molecule has 0 radical (unpaired) electrons. The van der Waals surface area contributed by atoms with Crippen molar-refractivity contribution in [2.75, 3.05) is 0 Å². The van der Waals surface area contributed by atoms with E-state index in [9.17, 15) is 4.39 Å². The van der Waals surface area contributed by atoms with Crippen molar-refractivity contribution in [2.45, 2.75) is 32.9 Å². The molecule has 0 fully saturated rings. The lowest BCUT2D eigenvalue weighted by atomic mass is 10.1. The van der Waals surface area contributed by atoms with Crippen molar-refractivity contribution in [1.29, 1.82) is 0 Å². The van der Waals surface area contributed by atoms with Crippen LogP contribution in [0.25, 0.3) is 0 Å². The average Bonchev–Trinajstić information content (AvgIpc) is 2.78. The van der Waals surface area contributed by atoms with Gasteiger partial charge < -0.3 is 10.1 Å². The number of nitrogens with zero attached hydrogens (tertiary/aromatic N) is 2. The van der Waals surface area contributed by atoms with Crippen molar-refractivity contribution in [2.24, 2.45) is 0 Å². The number of benzene rings is 1. The van der Waals surface area contributed by atoms with Crippen LogP contribution in [0, 0.1) is 5.82 Å². The minimum Gasteiger partial charge on any atom is -0.430 e. The second-order valence-electron chi connectivity index (χ2n) is 5.24. The lowest BCUT2D eigenvalue weighted by Crippen LogP contribution is -2.35. The molecule has 0 aliphatic rings. The zero-order chi connectivity index (χ0) is 14.8. The second kappa shape index (κ2) is 6.15. The highest BCUT2D eigenvalue weighted by Crippen LogP contribution is 2.27. The monoisotopic (exact) mass is 359 g/mol. The number of hydrogen-bond acceptors (Lipinski definition) is 5. The Labute approximate surface area is 129 Å². The number of hydrogen-bond donors (Lipinski definition) is 1. The molecule has 0 spiro atoms. The molecule has 2 aromatic rings. The Bertz CT molecular complexity index is 598. The molecule has 20 heavy (non-hydrogen) atoms. The van der Waals surface area contributed by atoms with E-state index in [0.29, 0.717) is 22.0 Å². The maximum Gasteiger partial charge on any atom is 0.299 e. The highest BCUT2D eigenvalue weighted by atomic mass is 79.9. The molecular weight excluding hydrogens is 345 g/mol. The third-order valence-corrected chi connectivity index (χ3v) is 3.76. The Morgan fingerprint density at radius 2 is 2.10 bits per heavy atom. The Morgan fingerprint density at radius 1 is 1.35 bits per heavy atom. The van der Waals surface area contributed by atoms with Crippen LogP contribution in [0.1, 0.15) is 25.8 Å². The van der Waals surface area contributed by atoms with Crippen molar-refractivity contribution in [1.82, 2.24) is 15.5 Å². The molecule has 0 saturated carbocycles. The standard InChI is InChI=1S/C13H15BrFN3OS/c1-13(2,3)16-7-11-17-18-12(20-11)19-8-4-5-9(14)10(15)6-8/h4-6,16H,7H2,1-3H3. The highest BCUT2D eigenvalue weighted by Gasteiger charge is 2.12. The van der Waals surface area contributed by atoms with Gasteiger partial charge >= 0.3 is 0 Å². The Hall–Kier alpha value is -1.05. The molecule has 108 valence electrons. The number of aromatic nitrogens is 2.